The quantitative estimate of drug-likeness (QED) is 0.594. The standard InChI is InChI=1S/C19H19FN2OS2/c20-15-6-2-1-5-14(15)13-24-12-11-21-18(23)9-10-19-22-16-7-3-4-8-17(16)25-19/h1-8H,9-13H2,(H,21,23). The van der Waals surface area contributed by atoms with E-state index in [1.165, 1.54) is 6.07 Å². The van der Waals surface area contributed by atoms with Gasteiger partial charge in [0, 0.05) is 30.9 Å². The molecule has 0 radical (unpaired) electrons. The molecule has 25 heavy (non-hydrogen) atoms. The number of hydrogen-bond acceptors (Lipinski definition) is 4. The van der Waals surface area contributed by atoms with Crippen molar-refractivity contribution in [1.82, 2.24) is 10.3 Å². The lowest BCUT2D eigenvalue weighted by atomic mass is 10.2. The highest BCUT2D eigenvalue weighted by atomic mass is 32.2. The fourth-order valence-electron chi connectivity index (χ4n) is 2.40. The first-order valence-corrected chi connectivity index (χ1v) is 10.1. The largest absolute Gasteiger partial charge is 0.355 e. The lowest BCUT2D eigenvalue weighted by Crippen LogP contribution is -2.25. The van der Waals surface area contributed by atoms with E-state index in [-0.39, 0.29) is 11.7 Å². The first-order valence-electron chi connectivity index (χ1n) is 8.14. The molecule has 3 rings (SSSR count). The number of carbonyl (C=O) groups is 1. The van der Waals surface area contributed by atoms with E-state index in [9.17, 15) is 9.18 Å². The number of para-hydroxylation sites is 1. The molecule has 3 aromatic rings. The van der Waals surface area contributed by atoms with E-state index in [4.69, 9.17) is 0 Å². The average Bonchev–Trinajstić information content (AvgIpc) is 3.04. The summed E-state index contributed by atoms with van der Waals surface area (Å²) in [5.41, 5.74) is 1.70. The van der Waals surface area contributed by atoms with Crippen molar-refractivity contribution in [3.8, 4) is 0 Å². The van der Waals surface area contributed by atoms with E-state index >= 15 is 0 Å². The molecule has 130 valence electrons. The number of nitrogens with zero attached hydrogens (tertiary/aromatic N) is 1. The molecule has 0 unspecified atom stereocenters. The molecule has 3 nitrogen and oxygen atoms in total. The van der Waals surface area contributed by atoms with Gasteiger partial charge in [0.2, 0.25) is 5.91 Å². The molecule has 1 N–H and O–H groups in total. The van der Waals surface area contributed by atoms with Crippen LogP contribution in [0, 0.1) is 5.82 Å². The first-order chi connectivity index (χ1) is 12.2. The Kier molecular flexibility index (Phi) is 6.42. The van der Waals surface area contributed by atoms with Crippen LogP contribution in [0.25, 0.3) is 10.2 Å². The molecule has 0 aliphatic rings. The Bertz CT molecular complexity index is 817. The van der Waals surface area contributed by atoms with Crippen LogP contribution in [0.5, 0.6) is 0 Å². The van der Waals surface area contributed by atoms with E-state index in [0.717, 1.165) is 21.0 Å². The van der Waals surface area contributed by atoms with Crippen LogP contribution < -0.4 is 5.32 Å². The van der Waals surface area contributed by atoms with Crippen LogP contribution in [0.4, 0.5) is 4.39 Å². The predicted molar refractivity (Wildman–Crippen MR) is 104 cm³/mol. The van der Waals surface area contributed by atoms with E-state index < -0.39 is 0 Å². The number of nitrogens with one attached hydrogen (secondary N) is 1. The summed E-state index contributed by atoms with van der Waals surface area (Å²) in [6.45, 7) is 0.595. The maximum absolute atomic E-state index is 13.5. The summed E-state index contributed by atoms with van der Waals surface area (Å²) in [5, 5.41) is 3.90. The molecule has 1 heterocycles. The zero-order valence-electron chi connectivity index (χ0n) is 13.7. The third-order valence-electron chi connectivity index (χ3n) is 3.69. The average molecular weight is 375 g/mol. The Morgan fingerprint density at radius 2 is 1.96 bits per heavy atom. The zero-order valence-corrected chi connectivity index (χ0v) is 15.3. The van der Waals surface area contributed by atoms with Crippen molar-refractivity contribution < 1.29 is 9.18 Å². The fourth-order valence-corrected chi connectivity index (χ4v) is 4.21. The van der Waals surface area contributed by atoms with Gasteiger partial charge < -0.3 is 5.32 Å². The molecule has 1 aromatic heterocycles. The molecular weight excluding hydrogens is 355 g/mol. The Labute approximate surface area is 154 Å². The number of thioether (sulfide) groups is 1. The van der Waals surface area contributed by atoms with Crippen molar-refractivity contribution in [2.45, 2.75) is 18.6 Å². The number of rotatable bonds is 8. The van der Waals surface area contributed by atoms with Crippen molar-refractivity contribution in [2.24, 2.45) is 0 Å². The topological polar surface area (TPSA) is 42.0 Å². The van der Waals surface area contributed by atoms with Gasteiger partial charge in [-0.15, -0.1) is 11.3 Å². The lowest BCUT2D eigenvalue weighted by Gasteiger charge is -2.05. The second-order valence-corrected chi connectivity index (χ2v) is 7.79. The van der Waals surface area contributed by atoms with E-state index in [1.807, 2.05) is 30.3 Å². The van der Waals surface area contributed by atoms with Crippen LogP contribution in [0.15, 0.2) is 48.5 Å². The molecule has 0 bridgehead atoms. The summed E-state index contributed by atoms with van der Waals surface area (Å²) in [6, 6.07) is 14.8. The van der Waals surface area contributed by atoms with Gasteiger partial charge in [-0.25, -0.2) is 9.37 Å². The number of thiazole rings is 1. The fraction of sp³-hybridized carbons (Fsp3) is 0.263. The number of amides is 1. The van der Waals surface area contributed by atoms with Crippen LogP contribution in [0.3, 0.4) is 0 Å². The second-order valence-electron chi connectivity index (χ2n) is 5.57. The minimum absolute atomic E-state index is 0.0331. The number of hydrogen-bond donors (Lipinski definition) is 1. The minimum atomic E-state index is -0.171. The number of benzene rings is 2. The van der Waals surface area contributed by atoms with Crippen LogP contribution in [-0.2, 0) is 17.0 Å². The molecule has 0 aliphatic heterocycles. The van der Waals surface area contributed by atoms with Gasteiger partial charge in [-0.1, -0.05) is 30.3 Å². The summed E-state index contributed by atoms with van der Waals surface area (Å²) >= 11 is 3.25. The summed E-state index contributed by atoms with van der Waals surface area (Å²) in [4.78, 5) is 16.5. The Morgan fingerprint density at radius 1 is 1.16 bits per heavy atom. The second kappa shape index (κ2) is 8.97. The molecule has 0 aliphatic carbocycles. The monoisotopic (exact) mass is 374 g/mol. The van der Waals surface area contributed by atoms with Crippen molar-refractivity contribution in [3.63, 3.8) is 0 Å². The Balaban J connectivity index is 1.33. The maximum Gasteiger partial charge on any atom is 0.220 e. The number of aromatic nitrogens is 1. The number of halogens is 1. The number of fused-ring (bicyclic) bond motifs is 1. The molecule has 0 spiro atoms. The minimum Gasteiger partial charge on any atom is -0.355 e. The number of aryl methyl sites for hydroxylation is 1. The van der Waals surface area contributed by atoms with Crippen molar-refractivity contribution in [1.29, 1.82) is 0 Å². The van der Waals surface area contributed by atoms with Gasteiger partial charge in [-0.05, 0) is 23.8 Å². The van der Waals surface area contributed by atoms with Gasteiger partial charge in [0.15, 0.2) is 0 Å². The molecule has 0 fully saturated rings. The molecule has 0 atom stereocenters. The van der Waals surface area contributed by atoms with Crippen molar-refractivity contribution >= 4 is 39.2 Å². The third kappa shape index (κ3) is 5.28. The summed E-state index contributed by atoms with van der Waals surface area (Å²) in [7, 11) is 0. The van der Waals surface area contributed by atoms with Crippen LogP contribution in [0.2, 0.25) is 0 Å². The predicted octanol–water partition coefficient (Wildman–Crippen LogP) is 4.42. The highest BCUT2D eigenvalue weighted by Gasteiger charge is 2.07. The van der Waals surface area contributed by atoms with E-state index in [1.54, 1.807) is 35.2 Å². The van der Waals surface area contributed by atoms with E-state index in [0.29, 0.717) is 30.7 Å². The third-order valence-corrected chi connectivity index (χ3v) is 5.79. The molecule has 0 saturated heterocycles. The molecule has 1 amide bonds. The molecule has 0 saturated carbocycles. The van der Waals surface area contributed by atoms with Crippen LogP contribution in [-0.4, -0.2) is 23.2 Å². The van der Waals surface area contributed by atoms with Crippen molar-refractivity contribution in [2.75, 3.05) is 12.3 Å². The first kappa shape index (κ1) is 17.9. The van der Waals surface area contributed by atoms with Crippen LogP contribution in [0.1, 0.15) is 17.0 Å². The Morgan fingerprint density at radius 3 is 2.80 bits per heavy atom. The highest BCUT2D eigenvalue weighted by Crippen LogP contribution is 2.22. The van der Waals surface area contributed by atoms with E-state index in [2.05, 4.69) is 10.3 Å². The van der Waals surface area contributed by atoms with Gasteiger partial charge in [-0.2, -0.15) is 11.8 Å². The zero-order chi connectivity index (χ0) is 17.5. The molecular formula is C19H19FN2OS2. The normalized spacial score (nSPS) is 10.9. The number of carbonyl (C=O) groups excluding carboxylic acids is 1. The summed E-state index contributed by atoms with van der Waals surface area (Å²) in [5.74, 6) is 1.25. The molecule has 6 heteroatoms. The Hall–Kier alpha value is -1.92. The van der Waals surface area contributed by atoms with Gasteiger partial charge in [0.25, 0.3) is 0 Å². The smallest absolute Gasteiger partial charge is 0.220 e. The van der Waals surface area contributed by atoms with Gasteiger partial charge >= 0.3 is 0 Å². The summed E-state index contributed by atoms with van der Waals surface area (Å²) < 4.78 is 14.6. The SMILES string of the molecule is O=C(CCc1nc2ccccc2s1)NCCSCc1ccccc1F. The van der Waals surface area contributed by atoms with Gasteiger partial charge in [-0.3, -0.25) is 4.79 Å². The van der Waals surface area contributed by atoms with Crippen molar-refractivity contribution in [3.05, 3.63) is 64.9 Å². The van der Waals surface area contributed by atoms with Gasteiger partial charge in [0.05, 0.1) is 15.2 Å². The lowest BCUT2D eigenvalue weighted by molar-refractivity contribution is -0.120. The highest BCUT2D eigenvalue weighted by molar-refractivity contribution is 7.98. The maximum atomic E-state index is 13.5. The van der Waals surface area contributed by atoms with Crippen LogP contribution >= 0.6 is 23.1 Å². The van der Waals surface area contributed by atoms with Gasteiger partial charge in [0.1, 0.15) is 5.82 Å². The molecule has 2 aromatic carbocycles. The summed E-state index contributed by atoms with van der Waals surface area (Å²) in [6.07, 6.45) is 1.10.